The maximum absolute atomic E-state index is 10.1. The Labute approximate surface area is 67.1 Å². The van der Waals surface area contributed by atoms with Crippen LogP contribution in [0.3, 0.4) is 0 Å². The van der Waals surface area contributed by atoms with Gasteiger partial charge in [0.15, 0.2) is 0 Å². The molecule has 0 unspecified atom stereocenters. The summed E-state index contributed by atoms with van der Waals surface area (Å²) in [6, 6.07) is -0.140. The number of carbonyl (C=O) groups is 1. The van der Waals surface area contributed by atoms with Crippen LogP contribution in [0.25, 0.3) is 0 Å². The summed E-state index contributed by atoms with van der Waals surface area (Å²) in [6.07, 6.45) is 0.957. The number of nitrogens with two attached hydrogens (primary N) is 1. The Kier molecular flexibility index (Phi) is 5.68. The van der Waals surface area contributed by atoms with Crippen LogP contribution in [0, 0.1) is 0 Å². The van der Waals surface area contributed by atoms with E-state index in [1.807, 2.05) is 0 Å². The van der Waals surface area contributed by atoms with Gasteiger partial charge in [-0.2, -0.15) is 0 Å². The first-order valence-electron chi connectivity index (χ1n) is 3.13. The van der Waals surface area contributed by atoms with Gasteiger partial charge in [0.2, 0.25) is 0 Å². The van der Waals surface area contributed by atoms with E-state index in [0.717, 1.165) is 11.7 Å². The van der Waals surface area contributed by atoms with Gasteiger partial charge >= 0.3 is 66.6 Å². The molecule has 0 aromatic heterocycles. The molecule has 4 heteroatoms. The summed E-state index contributed by atoms with van der Waals surface area (Å²) in [5.41, 5.74) is 5.49. The van der Waals surface area contributed by atoms with Crippen molar-refractivity contribution in [2.24, 2.45) is 5.73 Å². The summed E-state index contributed by atoms with van der Waals surface area (Å²) >= 11 is 0.621. The first kappa shape index (κ1) is 9.95. The van der Waals surface area contributed by atoms with E-state index in [9.17, 15) is 4.79 Å². The normalized spacial score (nSPS) is 13.0. The van der Waals surface area contributed by atoms with E-state index in [2.05, 4.69) is 5.82 Å². The molecule has 0 saturated carbocycles. The molecule has 0 bridgehead atoms. The van der Waals surface area contributed by atoms with Crippen LogP contribution in [-0.2, 0) is 4.79 Å². The third-order valence-corrected chi connectivity index (χ3v) is 2.48. The molecule has 0 radical (unpaired) electrons. The average molecular weight is 210 g/mol. The molecule has 10 heavy (non-hydrogen) atoms. The number of carboxylic acids is 1. The molecular formula is C6H13NO2Se. The summed E-state index contributed by atoms with van der Waals surface area (Å²) in [5.74, 6) is 1.33. The van der Waals surface area contributed by atoms with E-state index in [0.29, 0.717) is 15.0 Å². The van der Waals surface area contributed by atoms with Crippen LogP contribution in [0.1, 0.15) is 12.8 Å². The van der Waals surface area contributed by atoms with Crippen LogP contribution in [0.5, 0.6) is 0 Å². The van der Waals surface area contributed by atoms with Gasteiger partial charge in [-0.1, -0.05) is 0 Å². The maximum atomic E-state index is 10.1. The van der Waals surface area contributed by atoms with Crippen molar-refractivity contribution in [3.8, 4) is 0 Å². The van der Waals surface area contributed by atoms with Gasteiger partial charge in [-0.15, -0.1) is 0 Å². The van der Waals surface area contributed by atoms with Crippen molar-refractivity contribution in [2.45, 2.75) is 30.0 Å². The van der Waals surface area contributed by atoms with Gasteiger partial charge in [0.1, 0.15) is 0 Å². The second kappa shape index (κ2) is 5.71. The molecule has 0 fully saturated rings. The Hall–Kier alpha value is -0.0505. The zero-order valence-corrected chi connectivity index (χ0v) is 7.75. The van der Waals surface area contributed by atoms with E-state index in [-0.39, 0.29) is 12.5 Å². The first-order chi connectivity index (χ1) is 4.66. The molecule has 0 aliphatic rings. The zero-order chi connectivity index (χ0) is 7.98. The van der Waals surface area contributed by atoms with Gasteiger partial charge in [0.05, 0.1) is 0 Å². The van der Waals surface area contributed by atoms with E-state index in [4.69, 9.17) is 10.8 Å². The van der Waals surface area contributed by atoms with E-state index in [1.165, 1.54) is 0 Å². The minimum absolute atomic E-state index is 0.107. The van der Waals surface area contributed by atoms with Crippen molar-refractivity contribution >= 4 is 20.9 Å². The Balaban J connectivity index is 3.25. The predicted octanol–water partition coefficient (Wildman–Crippen LogP) is 0.349. The van der Waals surface area contributed by atoms with Crippen molar-refractivity contribution in [3.05, 3.63) is 0 Å². The van der Waals surface area contributed by atoms with Crippen molar-refractivity contribution in [3.63, 3.8) is 0 Å². The van der Waals surface area contributed by atoms with Crippen molar-refractivity contribution in [1.29, 1.82) is 0 Å². The Morgan fingerprint density at radius 1 is 1.80 bits per heavy atom. The third kappa shape index (κ3) is 6.08. The summed E-state index contributed by atoms with van der Waals surface area (Å²) in [6.45, 7) is 0. The fourth-order valence-electron chi connectivity index (χ4n) is 0.596. The summed E-state index contributed by atoms with van der Waals surface area (Å²) in [7, 11) is 0. The van der Waals surface area contributed by atoms with Crippen LogP contribution in [-0.4, -0.2) is 32.1 Å². The summed E-state index contributed by atoms with van der Waals surface area (Å²) in [4.78, 5) is 10.1. The molecule has 3 N–H and O–H groups in total. The monoisotopic (exact) mass is 211 g/mol. The Morgan fingerprint density at radius 2 is 2.40 bits per heavy atom. The summed E-state index contributed by atoms with van der Waals surface area (Å²) in [5, 5.41) is 9.39. The Bertz CT molecular complexity index is 108. The molecule has 0 rings (SSSR count). The standard InChI is InChI=1S/C6H13NO2Se/c1-10-3-2-5(7)4-6(8)9/h5H,2-4,7H2,1H3,(H,8,9)/t5-/m1/s1. The topological polar surface area (TPSA) is 63.3 Å². The van der Waals surface area contributed by atoms with Gasteiger partial charge < -0.3 is 0 Å². The number of rotatable bonds is 5. The van der Waals surface area contributed by atoms with Crippen LogP contribution in [0.2, 0.25) is 11.1 Å². The predicted molar refractivity (Wildman–Crippen MR) is 41.3 cm³/mol. The third-order valence-electron chi connectivity index (χ3n) is 1.13. The number of aliphatic carboxylic acids is 1. The molecule has 0 aliphatic heterocycles. The number of carboxylic acid groups (broad SMARTS) is 1. The molecule has 0 heterocycles. The van der Waals surface area contributed by atoms with Crippen molar-refractivity contribution in [2.75, 3.05) is 0 Å². The molecule has 3 nitrogen and oxygen atoms in total. The van der Waals surface area contributed by atoms with Gasteiger partial charge in [-0.05, 0) is 0 Å². The SMILES string of the molecule is C[Se]CC[C@@H](N)CC(=O)O. The van der Waals surface area contributed by atoms with Gasteiger partial charge in [0, 0.05) is 0 Å². The van der Waals surface area contributed by atoms with Crippen molar-refractivity contribution in [1.82, 2.24) is 0 Å². The van der Waals surface area contributed by atoms with E-state index >= 15 is 0 Å². The average Bonchev–Trinajstić information content (AvgIpc) is 1.82. The molecule has 0 saturated heterocycles. The Morgan fingerprint density at radius 3 is 2.80 bits per heavy atom. The van der Waals surface area contributed by atoms with Crippen LogP contribution in [0.15, 0.2) is 0 Å². The molecule has 0 aromatic rings. The second-order valence-corrected chi connectivity index (χ2v) is 4.21. The molecular weight excluding hydrogens is 197 g/mol. The first-order valence-corrected chi connectivity index (χ1v) is 6.05. The van der Waals surface area contributed by atoms with Gasteiger partial charge in [-0.25, -0.2) is 0 Å². The van der Waals surface area contributed by atoms with Crippen LogP contribution < -0.4 is 5.73 Å². The summed E-state index contributed by atoms with van der Waals surface area (Å²) < 4.78 is 0. The van der Waals surface area contributed by atoms with E-state index in [1.54, 1.807) is 0 Å². The molecule has 60 valence electrons. The minimum atomic E-state index is -0.795. The second-order valence-electron chi connectivity index (χ2n) is 2.14. The van der Waals surface area contributed by atoms with Gasteiger partial charge in [-0.3, -0.25) is 0 Å². The molecule has 0 aromatic carbocycles. The molecule has 0 amide bonds. The fourth-order valence-corrected chi connectivity index (χ4v) is 1.73. The molecule has 1 atom stereocenters. The van der Waals surface area contributed by atoms with Gasteiger partial charge in [0.25, 0.3) is 0 Å². The molecule has 0 spiro atoms. The molecule has 0 aliphatic carbocycles. The van der Waals surface area contributed by atoms with Crippen molar-refractivity contribution < 1.29 is 9.90 Å². The van der Waals surface area contributed by atoms with E-state index < -0.39 is 5.97 Å². The number of hydrogen-bond acceptors (Lipinski definition) is 2. The van der Waals surface area contributed by atoms with Crippen LogP contribution in [0.4, 0.5) is 0 Å². The van der Waals surface area contributed by atoms with Crippen LogP contribution >= 0.6 is 0 Å². The fraction of sp³-hybridized carbons (Fsp3) is 0.833. The quantitative estimate of drug-likeness (QED) is 0.643. The number of hydrogen-bond donors (Lipinski definition) is 2. The zero-order valence-electron chi connectivity index (χ0n) is 6.04.